The van der Waals surface area contributed by atoms with Crippen molar-refractivity contribution in [2.24, 2.45) is 5.92 Å². The molecule has 1 aromatic heterocycles. The average Bonchev–Trinajstić information content (AvgIpc) is 2.72. The van der Waals surface area contributed by atoms with Gasteiger partial charge in [0.2, 0.25) is 0 Å². The van der Waals surface area contributed by atoms with E-state index >= 15 is 0 Å². The average molecular weight is 291 g/mol. The van der Waals surface area contributed by atoms with Crippen molar-refractivity contribution < 1.29 is 8.42 Å². The summed E-state index contributed by atoms with van der Waals surface area (Å²) in [5.41, 5.74) is 1.65. The van der Waals surface area contributed by atoms with Crippen molar-refractivity contribution >= 4 is 26.6 Å². The Morgan fingerprint density at radius 1 is 1.30 bits per heavy atom. The molecule has 2 aromatic rings. The molecule has 20 heavy (non-hydrogen) atoms. The van der Waals surface area contributed by atoms with Crippen LogP contribution in [0.5, 0.6) is 0 Å². The van der Waals surface area contributed by atoms with Crippen LogP contribution in [0.1, 0.15) is 19.4 Å². The Balaban J connectivity index is 2.20. The van der Waals surface area contributed by atoms with E-state index < -0.39 is 9.84 Å². The molecule has 0 atom stereocenters. The molecule has 0 radical (unpaired) electrons. The van der Waals surface area contributed by atoms with Crippen molar-refractivity contribution in [3.8, 4) is 0 Å². The highest BCUT2D eigenvalue weighted by atomic mass is 32.2. The molecule has 0 amide bonds. The Kier molecular flexibility index (Phi) is 3.12. The standard InChI is InChI=1S/C14H17N3O2S/c1-9(2)7-15-14-13-10-5-6-20(18,19)12(10)4-3-11(13)16-8-17-14/h3-4,8-9H,5-7H2,1-2H3,(H,15,16,17). The molecular weight excluding hydrogens is 274 g/mol. The van der Waals surface area contributed by atoms with Crippen LogP contribution in [0.15, 0.2) is 23.4 Å². The second-order valence-corrected chi connectivity index (χ2v) is 7.58. The van der Waals surface area contributed by atoms with E-state index in [9.17, 15) is 8.42 Å². The number of sulfone groups is 1. The number of aromatic nitrogens is 2. The lowest BCUT2D eigenvalue weighted by Gasteiger charge is -2.12. The minimum atomic E-state index is -3.13. The lowest BCUT2D eigenvalue weighted by Crippen LogP contribution is -2.10. The fraction of sp³-hybridized carbons (Fsp3) is 0.429. The normalized spacial score (nSPS) is 16.6. The van der Waals surface area contributed by atoms with Gasteiger partial charge in [-0.15, -0.1) is 0 Å². The fourth-order valence-electron chi connectivity index (χ4n) is 2.52. The molecule has 1 N–H and O–H groups in total. The number of hydrogen-bond acceptors (Lipinski definition) is 5. The second kappa shape index (κ2) is 4.70. The largest absolute Gasteiger partial charge is 0.369 e. The van der Waals surface area contributed by atoms with Gasteiger partial charge in [0, 0.05) is 11.9 Å². The van der Waals surface area contributed by atoms with Crippen LogP contribution in [0.4, 0.5) is 5.82 Å². The molecular formula is C14H17N3O2S. The molecule has 6 heteroatoms. The number of aryl methyl sites for hydroxylation is 1. The maximum Gasteiger partial charge on any atom is 0.179 e. The van der Waals surface area contributed by atoms with E-state index in [4.69, 9.17) is 0 Å². The van der Waals surface area contributed by atoms with E-state index in [2.05, 4.69) is 29.1 Å². The number of fused-ring (bicyclic) bond motifs is 3. The Hall–Kier alpha value is -1.69. The van der Waals surface area contributed by atoms with Crippen LogP contribution in [-0.4, -0.2) is 30.7 Å². The van der Waals surface area contributed by atoms with Crippen molar-refractivity contribution in [1.29, 1.82) is 0 Å². The SMILES string of the molecule is CC(C)CNc1ncnc2ccc3c(c12)CCS3(=O)=O. The van der Waals surface area contributed by atoms with Crippen molar-refractivity contribution in [1.82, 2.24) is 9.97 Å². The monoisotopic (exact) mass is 291 g/mol. The van der Waals surface area contributed by atoms with Crippen LogP contribution >= 0.6 is 0 Å². The third kappa shape index (κ3) is 2.14. The molecule has 1 aliphatic heterocycles. The molecule has 0 saturated heterocycles. The van der Waals surface area contributed by atoms with E-state index in [-0.39, 0.29) is 5.75 Å². The van der Waals surface area contributed by atoms with Crippen LogP contribution in [0.3, 0.4) is 0 Å². The van der Waals surface area contributed by atoms with Gasteiger partial charge in [0.1, 0.15) is 12.1 Å². The molecule has 1 aromatic carbocycles. The molecule has 0 aliphatic carbocycles. The van der Waals surface area contributed by atoms with E-state index in [1.165, 1.54) is 6.33 Å². The predicted molar refractivity (Wildman–Crippen MR) is 78.6 cm³/mol. The summed E-state index contributed by atoms with van der Waals surface area (Å²) < 4.78 is 24.0. The predicted octanol–water partition coefficient (Wildman–Crippen LogP) is 2.03. The quantitative estimate of drug-likeness (QED) is 0.936. The van der Waals surface area contributed by atoms with Crippen molar-refractivity contribution in [3.63, 3.8) is 0 Å². The maximum absolute atomic E-state index is 12.0. The molecule has 106 valence electrons. The van der Waals surface area contributed by atoms with Crippen LogP contribution in [0.25, 0.3) is 10.9 Å². The van der Waals surface area contributed by atoms with Gasteiger partial charge < -0.3 is 5.32 Å². The third-order valence-corrected chi connectivity index (χ3v) is 5.30. The Morgan fingerprint density at radius 3 is 2.85 bits per heavy atom. The molecule has 0 fully saturated rings. The number of nitrogens with one attached hydrogen (secondary N) is 1. The summed E-state index contributed by atoms with van der Waals surface area (Å²) in [5, 5.41) is 4.15. The van der Waals surface area contributed by atoms with Gasteiger partial charge in [0.25, 0.3) is 0 Å². The van der Waals surface area contributed by atoms with Gasteiger partial charge in [-0.25, -0.2) is 18.4 Å². The summed E-state index contributed by atoms with van der Waals surface area (Å²) in [6, 6.07) is 3.43. The summed E-state index contributed by atoms with van der Waals surface area (Å²) in [5.74, 6) is 1.40. The van der Waals surface area contributed by atoms with Crippen LogP contribution in [0.2, 0.25) is 0 Å². The first kappa shape index (κ1) is 13.3. The highest BCUT2D eigenvalue weighted by Crippen LogP contribution is 2.34. The first-order chi connectivity index (χ1) is 9.49. The van der Waals surface area contributed by atoms with Gasteiger partial charge in [-0.1, -0.05) is 13.8 Å². The second-order valence-electron chi connectivity index (χ2n) is 5.50. The Morgan fingerprint density at radius 2 is 2.10 bits per heavy atom. The molecule has 3 rings (SSSR count). The minimum absolute atomic E-state index is 0.181. The number of hydrogen-bond donors (Lipinski definition) is 1. The van der Waals surface area contributed by atoms with Gasteiger partial charge in [-0.2, -0.15) is 0 Å². The molecule has 0 unspecified atom stereocenters. The van der Waals surface area contributed by atoms with Gasteiger partial charge in [0.05, 0.1) is 16.2 Å². The fourth-order valence-corrected chi connectivity index (χ4v) is 4.07. The van der Waals surface area contributed by atoms with Gasteiger partial charge in [-0.05, 0) is 30.0 Å². The van der Waals surface area contributed by atoms with E-state index in [0.29, 0.717) is 17.2 Å². The smallest absolute Gasteiger partial charge is 0.179 e. The zero-order valence-electron chi connectivity index (χ0n) is 11.5. The Labute approximate surface area is 118 Å². The van der Waals surface area contributed by atoms with Crippen LogP contribution < -0.4 is 5.32 Å². The summed E-state index contributed by atoms with van der Waals surface area (Å²) in [6.07, 6.45) is 2.06. The summed E-state index contributed by atoms with van der Waals surface area (Å²) in [6.45, 7) is 5.03. The highest BCUT2D eigenvalue weighted by molar-refractivity contribution is 7.91. The van der Waals surface area contributed by atoms with Crippen LogP contribution in [-0.2, 0) is 16.3 Å². The molecule has 0 saturated carbocycles. The van der Waals surface area contributed by atoms with Gasteiger partial charge in [0.15, 0.2) is 9.84 Å². The lowest BCUT2D eigenvalue weighted by atomic mass is 10.1. The summed E-state index contributed by atoms with van der Waals surface area (Å²) >= 11 is 0. The van der Waals surface area contributed by atoms with Gasteiger partial charge >= 0.3 is 0 Å². The zero-order chi connectivity index (χ0) is 14.3. The molecule has 1 aliphatic rings. The number of rotatable bonds is 3. The third-order valence-electron chi connectivity index (χ3n) is 3.50. The molecule has 5 nitrogen and oxygen atoms in total. The lowest BCUT2D eigenvalue weighted by molar-refractivity contribution is 0.600. The first-order valence-electron chi connectivity index (χ1n) is 6.72. The minimum Gasteiger partial charge on any atom is -0.369 e. The molecule has 0 bridgehead atoms. The van der Waals surface area contributed by atoms with Crippen LogP contribution in [0, 0.1) is 5.92 Å². The van der Waals surface area contributed by atoms with Crippen molar-refractivity contribution in [2.45, 2.75) is 25.2 Å². The number of benzene rings is 1. The summed E-state index contributed by atoms with van der Waals surface area (Å²) in [4.78, 5) is 8.97. The van der Waals surface area contributed by atoms with E-state index in [1.54, 1.807) is 12.1 Å². The molecule has 2 heterocycles. The van der Waals surface area contributed by atoms with Gasteiger partial charge in [-0.3, -0.25) is 0 Å². The Bertz CT molecular complexity index is 769. The maximum atomic E-state index is 12.0. The highest BCUT2D eigenvalue weighted by Gasteiger charge is 2.29. The van der Waals surface area contributed by atoms with Crippen molar-refractivity contribution in [2.75, 3.05) is 17.6 Å². The topological polar surface area (TPSA) is 72.0 Å². The summed E-state index contributed by atoms with van der Waals surface area (Å²) in [7, 11) is -3.13. The number of nitrogens with zero attached hydrogens (tertiary/aromatic N) is 2. The van der Waals surface area contributed by atoms with Crippen molar-refractivity contribution in [3.05, 3.63) is 24.0 Å². The molecule has 0 spiro atoms. The zero-order valence-corrected chi connectivity index (χ0v) is 12.4. The van der Waals surface area contributed by atoms with E-state index in [1.807, 2.05) is 0 Å². The van der Waals surface area contributed by atoms with E-state index in [0.717, 1.165) is 28.8 Å². The first-order valence-corrected chi connectivity index (χ1v) is 8.37. The number of anilines is 1.